The number of ether oxygens (including phenoxy) is 1. The van der Waals surface area contributed by atoms with Crippen molar-refractivity contribution < 1.29 is 9.53 Å². The molecule has 1 aromatic heterocycles. The number of methoxy groups -OCH3 is 1. The number of allylic oxidation sites excluding steroid dienone is 3. The minimum atomic E-state index is -0.0550. The van der Waals surface area contributed by atoms with Gasteiger partial charge in [-0.05, 0) is 73.9 Å². The predicted octanol–water partition coefficient (Wildman–Crippen LogP) is 5.75. The molecule has 0 spiro atoms. The highest BCUT2D eigenvalue weighted by Crippen LogP contribution is 2.24. The summed E-state index contributed by atoms with van der Waals surface area (Å²) >= 11 is 0. The molecule has 30 heavy (non-hydrogen) atoms. The van der Waals surface area contributed by atoms with E-state index in [-0.39, 0.29) is 11.9 Å². The first-order chi connectivity index (χ1) is 14.6. The van der Waals surface area contributed by atoms with Crippen LogP contribution in [0.2, 0.25) is 0 Å². The minimum Gasteiger partial charge on any atom is -0.497 e. The lowest BCUT2D eigenvalue weighted by atomic mass is 9.99. The number of carbonyl (C=O) groups is 1. The lowest BCUT2D eigenvalue weighted by molar-refractivity contribution is -0.117. The lowest BCUT2D eigenvalue weighted by Gasteiger charge is -2.12. The minimum absolute atomic E-state index is 0.0550. The van der Waals surface area contributed by atoms with Crippen molar-refractivity contribution in [2.45, 2.75) is 58.4 Å². The number of pyridine rings is 1. The molecular weight excluding hydrogens is 372 g/mol. The number of hydrogen-bond donors (Lipinski definition) is 1. The highest BCUT2D eigenvalue weighted by molar-refractivity contribution is 5.88. The van der Waals surface area contributed by atoms with Crippen LogP contribution in [0.3, 0.4) is 0 Å². The van der Waals surface area contributed by atoms with Crippen LogP contribution < -0.4 is 10.1 Å². The Morgan fingerprint density at radius 2 is 2.10 bits per heavy atom. The zero-order chi connectivity index (χ0) is 21.6. The number of nitrogens with zero attached hydrogens (tertiary/aromatic N) is 1. The number of nitrogens with one attached hydrogen (secondary N) is 1. The van der Waals surface area contributed by atoms with Gasteiger partial charge in [-0.15, -0.1) is 0 Å². The Morgan fingerprint density at radius 3 is 2.83 bits per heavy atom. The molecular formula is C26H34N2O2. The summed E-state index contributed by atoms with van der Waals surface area (Å²) in [5.41, 5.74) is 3.58. The van der Waals surface area contributed by atoms with Gasteiger partial charge in [-0.1, -0.05) is 43.7 Å². The second-order valence-corrected chi connectivity index (χ2v) is 7.55. The molecule has 0 aliphatic carbocycles. The first kappa shape index (κ1) is 23.4. The molecule has 0 saturated heterocycles. The molecule has 2 aromatic rings. The maximum atomic E-state index is 12.3. The summed E-state index contributed by atoms with van der Waals surface area (Å²) in [4.78, 5) is 16.4. The Hall–Kier alpha value is -2.88. The summed E-state index contributed by atoms with van der Waals surface area (Å²) in [5, 5.41) is 3.05. The number of hydrogen-bond acceptors (Lipinski definition) is 3. The molecule has 4 nitrogen and oxygen atoms in total. The van der Waals surface area contributed by atoms with Crippen LogP contribution in [-0.2, 0) is 11.2 Å². The van der Waals surface area contributed by atoms with Gasteiger partial charge in [-0.3, -0.25) is 9.78 Å². The Bertz CT molecular complexity index is 828. The van der Waals surface area contributed by atoms with E-state index in [9.17, 15) is 4.79 Å². The fourth-order valence-corrected chi connectivity index (χ4v) is 3.29. The van der Waals surface area contributed by atoms with Crippen LogP contribution in [-0.4, -0.2) is 24.0 Å². The number of benzene rings is 1. The fraction of sp³-hybridized carbons (Fsp3) is 0.385. The van der Waals surface area contributed by atoms with E-state index in [1.807, 2.05) is 49.5 Å². The van der Waals surface area contributed by atoms with Gasteiger partial charge in [-0.2, -0.15) is 0 Å². The van der Waals surface area contributed by atoms with Gasteiger partial charge in [0.05, 0.1) is 7.11 Å². The number of amides is 1. The van der Waals surface area contributed by atoms with Crippen molar-refractivity contribution >= 4 is 11.5 Å². The van der Waals surface area contributed by atoms with Crippen molar-refractivity contribution in [2.24, 2.45) is 0 Å². The monoisotopic (exact) mass is 406 g/mol. The predicted molar refractivity (Wildman–Crippen MR) is 124 cm³/mol. The first-order valence-corrected chi connectivity index (χ1v) is 10.8. The summed E-state index contributed by atoms with van der Waals surface area (Å²) in [5.74, 6) is 0.789. The van der Waals surface area contributed by atoms with Crippen molar-refractivity contribution in [2.75, 3.05) is 7.11 Å². The molecule has 160 valence electrons. The van der Waals surface area contributed by atoms with Crippen molar-refractivity contribution in [3.63, 3.8) is 0 Å². The molecule has 0 fully saturated rings. The largest absolute Gasteiger partial charge is 0.497 e. The van der Waals surface area contributed by atoms with Crippen LogP contribution in [0.5, 0.6) is 5.75 Å². The number of unbranched alkanes of at least 4 members (excludes halogenated alkanes) is 1. The van der Waals surface area contributed by atoms with Gasteiger partial charge in [0.2, 0.25) is 5.91 Å². The van der Waals surface area contributed by atoms with Gasteiger partial charge < -0.3 is 10.1 Å². The van der Waals surface area contributed by atoms with E-state index in [2.05, 4.69) is 29.4 Å². The number of rotatable bonds is 12. The molecule has 0 bridgehead atoms. The zero-order valence-electron chi connectivity index (χ0n) is 18.4. The van der Waals surface area contributed by atoms with Crippen LogP contribution in [0.1, 0.15) is 57.1 Å². The van der Waals surface area contributed by atoms with Crippen LogP contribution in [0.25, 0.3) is 5.57 Å². The first-order valence-electron chi connectivity index (χ1n) is 10.8. The number of aryl methyl sites for hydroxylation is 1. The second-order valence-electron chi connectivity index (χ2n) is 7.55. The third-order valence-electron chi connectivity index (χ3n) is 5.00. The summed E-state index contributed by atoms with van der Waals surface area (Å²) in [7, 11) is 1.68. The van der Waals surface area contributed by atoms with Crippen molar-refractivity contribution in [3.05, 3.63) is 78.1 Å². The molecule has 0 unspecified atom stereocenters. The van der Waals surface area contributed by atoms with Gasteiger partial charge in [-0.25, -0.2) is 0 Å². The lowest BCUT2D eigenvalue weighted by Crippen LogP contribution is -2.31. The number of aromatic nitrogens is 1. The van der Waals surface area contributed by atoms with E-state index in [1.54, 1.807) is 19.4 Å². The molecule has 1 amide bonds. The Morgan fingerprint density at radius 1 is 1.23 bits per heavy atom. The van der Waals surface area contributed by atoms with Crippen LogP contribution in [0.4, 0.5) is 0 Å². The van der Waals surface area contributed by atoms with E-state index in [0.29, 0.717) is 0 Å². The molecule has 4 heteroatoms. The standard InChI is InChI=1S/C26H34N2O2/c1-4-5-13-23(24-15-7-16-25(19-24)30-3)14-8-17-26(29)28-21(2)10-6-11-22-12-9-18-27-20-22/h7-9,12,14-21H,4-6,10-11,13H2,1-3H3,(H,28,29)/b17-8+,23-14-/t21-/m1/s1. The zero-order valence-corrected chi connectivity index (χ0v) is 18.4. The SMILES string of the molecule is CCCC/C(=C/C=C/C(=O)N[C@H](C)CCCc1cccnc1)c1cccc(OC)c1. The topological polar surface area (TPSA) is 51.2 Å². The Labute approximate surface area is 181 Å². The Kier molecular flexibility index (Phi) is 10.4. The van der Waals surface area contributed by atoms with Crippen LogP contribution in [0, 0.1) is 0 Å². The maximum absolute atomic E-state index is 12.3. The molecule has 0 radical (unpaired) electrons. The van der Waals surface area contributed by atoms with Gasteiger partial charge in [0.15, 0.2) is 0 Å². The fourth-order valence-electron chi connectivity index (χ4n) is 3.29. The van der Waals surface area contributed by atoms with E-state index < -0.39 is 0 Å². The summed E-state index contributed by atoms with van der Waals surface area (Å²) in [6.45, 7) is 4.23. The highest BCUT2D eigenvalue weighted by Gasteiger charge is 2.05. The average Bonchev–Trinajstić information content (AvgIpc) is 2.76. The number of carbonyl (C=O) groups excluding carboxylic acids is 1. The van der Waals surface area contributed by atoms with Crippen LogP contribution >= 0.6 is 0 Å². The quantitative estimate of drug-likeness (QED) is 0.361. The molecule has 1 N–H and O–H groups in total. The van der Waals surface area contributed by atoms with Gasteiger partial charge in [0, 0.05) is 24.5 Å². The Balaban J connectivity index is 1.87. The van der Waals surface area contributed by atoms with E-state index >= 15 is 0 Å². The normalized spacial score (nSPS) is 12.7. The second kappa shape index (κ2) is 13.4. The van der Waals surface area contributed by atoms with Gasteiger partial charge in [0.25, 0.3) is 0 Å². The molecule has 1 heterocycles. The van der Waals surface area contributed by atoms with E-state index in [0.717, 1.165) is 49.8 Å². The van der Waals surface area contributed by atoms with E-state index in [4.69, 9.17) is 4.74 Å². The summed E-state index contributed by atoms with van der Waals surface area (Å²) in [6.07, 6.45) is 15.3. The molecule has 0 aliphatic rings. The smallest absolute Gasteiger partial charge is 0.244 e. The van der Waals surface area contributed by atoms with Crippen molar-refractivity contribution in [1.82, 2.24) is 10.3 Å². The third-order valence-corrected chi connectivity index (χ3v) is 5.00. The molecule has 2 rings (SSSR count). The molecule has 1 aromatic carbocycles. The molecule has 1 atom stereocenters. The summed E-state index contributed by atoms with van der Waals surface area (Å²) < 4.78 is 5.34. The summed E-state index contributed by atoms with van der Waals surface area (Å²) in [6, 6.07) is 12.3. The highest BCUT2D eigenvalue weighted by atomic mass is 16.5. The van der Waals surface area contributed by atoms with Gasteiger partial charge >= 0.3 is 0 Å². The van der Waals surface area contributed by atoms with Gasteiger partial charge in [0.1, 0.15) is 5.75 Å². The van der Waals surface area contributed by atoms with E-state index in [1.165, 1.54) is 11.1 Å². The molecule has 0 aliphatic heterocycles. The maximum Gasteiger partial charge on any atom is 0.244 e. The van der Waals surface area contributed by atoms with Crippen LogP contribution in [0.15, 0.2) is 67.0 Å². The molecule has 0 saturated carbocycles. The average molecular weight is 407 g/mol. The third kappa shape index (κ3) is 8.64. The van der Waals surface area contributed by atoms with Crippen molar-refractivity contribution in [3.8, 4) is 5.75 Å². The van der Waals surface area contributed by atoms with Crippen molar-refractivity contribution in [1.29, 1.82) is 0 Å².